The number of hydrogen-bond acceptors (Lipinski definition) is 5. The normalized spacial score (nSPS) is 18.1. The average Bonchev–Trinajstić information content (AvgIpc) is 2.52. The quantitative estimate of drug-likeness (QED) is 0.839. The minimum atomic E-state index is -0.507. The number of nitrogens with zero attached hydrogens (tertiary/aromatic N) is 1. The number of benzene rings is 1. The van der Waals surface area contributed by atoms with Crippen molar-refractivity contribution in [1.29, 1.82) is 0 Å². The second-order valence-electron chi connectivity index (χ2n) is 6.62. The molecule has 132 valence electrons. The number of carbonyl (C=O) groups is 1. The fraction of sp³-hybridized carbons (Fsp3) is 0.529. The number of rotatable bonds is 4. The van der Waals surface area contributed by atoms with Crippen molar-refractivity contribution in [3.63, 3.8) is 0 Å². The standard InChI is InChI=1S/C17H24N2O4S/c1-17(2,3)23-16(20)19-8-9-21-14(10-19)11-22-13-6-4-12(5-7-13)15(18)24/h4-7,14H,8-11H2,1-3H3,(H2,18,24). The Balaban J connectivity index is 1.84. The van der Waals surface area contributed by atoms with E-state index in [9.17, 15) is 4.79 Å². The molecule has 0 spiro atoms. The van der Waals surface area contributed by atoms with Crippen LogP contribution < -0.4 is 10.5 Å². The first-order chi connectivity index (χ1) is 11.2. The van der Waals surface area contributed by atoms with Gasteiger partial charge in [-0.05, 0) is 45.0 Å². The molecule has 1 atom stereocenters. The smallest absolute Gasteiger partial charge is 0.410 e. The van der Waals surface area contributed by atoms with Crippen molar-refractivity contribution in [2.24, 2.45) is 5.73 Å². The third-order valence-corrected chi connectivity index (χ3v) is 3.60. The van der Waals surface area contributed by atoms with E-state index in [0.29, 0.717) is 37.0 Å². The molecule has 1 aromatic rings. The lowest BCUT2D eigenvalue weighted by atomic mass is 10.2. The number of thiocarbonyl (C=S) groups is 1. The highest BCUT2D eigenvalue weighted by molar-refractivity contribution is 7.80. The van der Waals surface area contributed by atoms with E-state index in [1.54, 1.807) is 4.90 Å². The first-order valence-corrected chi connectivity index (χ1v) is 8.27. The van der Waals surface area contributed by atoms with Crippen LogP contribution in [-0.2, 0) is 9.47 Å². The summed E-state index contributed by atoms with van der Waals surface area (Å²) in [5, 5.41) is 0. The van der Waals surface area contributed by atoms with Crippen LogP contribution in [0.1, 0.15) is 26.3 Å². The molecule has 1 unspecified atom stereocenters. The Morgan fingerprint density at radius 2 is 2.04 bits per heavy atom. The number of morpholine rings is 1. The van der Waals surface area contributed by atoms with Crippen LogP contribution in [0.25, 0.3) is 0 Å². The number of ether oxygens (including phenoxy) is 3. The van der Waals surface area contributed by atoms with E-state index in [1.165, 1.54) is 0 Å². The van der Waals surface area contributed by atoms with Crippen LogP contribution in [0.3, 0.4) is 0 Å². The molecule has 1 aromatic carbocycles. The van der Waals surface area contributed by atoms with Crippen LogP contribution in [0.5, 0.6) is 5.75 Å². The second kappa shape index (κ2) is 7.81. The number of nitrogens with two attached hydrogens (primary N) is 1. The van der Waals surface area contributed by atoms with Gasteiger partial charge in [-0.1, -0.05) is 12.2 Å². The zero-order valence-corrected chi connectivity index (χ0v) is 15.1. The molecule has 1 saturated heterocycles. The number of carbonyl (C=O) groups excluding carboxylic acids is 1. The topological polar surface area (TPSA) is 74.0 Å². The zero-order chi connectivity index (χ0) is 17.7. The highest BCUT2D eigenvalue weighted by Crippen LogP contribution is 2.16. The number of amides is 1. The lowest BCUT2D eigenvalue weighted by Crippen LogP contribution is -2.49. The van der Waals surface area contributed by atoms with Gasteiger partial charge in [-0.2, -0.15) is 0 Å². The summed E-state index contributed by atoms with van der Waals surface area (Å²) in [6.45, 7) is 7.33. The van der Waals surface area contributed by atoms with Gasteiger partial charge in [0.2, 0.25) is 0 Å². The summed E-state index contributed by atoms with van der Waals surface area (Å²) in [5.74, 6) is 0.702. The molecule has 0 radical (unpaired) electrons. The fourth-order valence-electron chi connectivity index (χ4n) is 2.22. The van der Waals surface area contributed by atoms with Crippen molar-refractivity contribution in [2.45, 2.75) is 32.5 Å². The van der Waals surface area contributed by atoms with E-state index >= 15 is 0 Å². The van der Waals surface area contributed by atoms with Crippen LogP contribution in [0.4, 0.5) is 4.79 Å². The van der Waals surface area contributed by atoms with Gasteiger partial charge in [-0.15, -0.1) is 0 Å². The van der Waals surface area contributed by atoms with Crippen LogP contribution in [0.15, 0.2) is 24.3 Å². The van der Waals surface area contributed by atoms with Crippen molar-refractivity contribution < 1.29 is 19.0 Å². The van der Waals surface area contributed by atoms with Crippen LogP contribution in [-0.4, -0.2) is 54.0 Å². The minimum absolute atomic E-state index is 0.193. The van der Waals surface area contributed by atoms with Crippen molar-refractivity contribution in [2.75, 3.05) is 26.3 Å². The predicted octanol–water partition coefficient (Wildman–Crippen LogP) is 2.34. The Morgan fingerprint density at radius 3 is 2.62 bits per heavy atom. The third-order valence-electron chi connectivity index (χ3n) is 3.37. The van der Waals surface area contributed by atoms with E-state index < -0.39 is 5.60 Å². The van der Waals surface area contributed by atoms with Crippen LogP contribution in [0.2, 0.25) is 0 Å². The van der Waals surface area contributed by atoms with Crippen molar-refractivity contribution >= 4 is 23.3 Å². The fourth-order valence-corrected chi connectivity index (χ4v) is 2.35. The van der Waals surface area contributed by atoms with Gasteiger partial charge in [0.15, 0.2) is 0 Å². The summed E-state index contributed by atoms with van der Waals surface area (Å²) >= 11 is 4.91. The lowest BCUT2D eigenvalue weighted by molar-refractivity contribution is -0.0557. The average molecular weight is 352 g/mol. The number of hydrogen-bond donors (Lipinski definition) is 1. The molecule has 1 heterocycles. The molecule has 24 heavy (non-hydrogen) atoms. The monoisotopic (exact) mass is 352 g/mol. The molecular weight excluding hydrogens is 328 g/mol. The molecule has 7 heteroatoms. The predicted molar refractivity (Wildman–Crippen MR) is 95.4 cm³/mol. The maximum atomic E-state index is 12.1. The van der Waals surface area contributed by atoms with Crippen LogP contribution in [0, 0.1) is 0 Å². The van der Waals surface area contributed by atoms with Gasteiger partial charge in [0.25, 0.3) is 0 Å². The third kappa shape index (κ3) is 5.65. The molecule has 1 amide bonds. The summed E-state index contributed by atoms with van der Waals surface area (Å²) in [4.78, 5) is 14.1. The van der Waals surface area contributed by atoms with E-state index in [-0.39, 0.29) is 12.2 Å². The molecular formula is C17H24N2O4S. The lowest BCUT2D eigenvalue weighted by Gasteiger charge is -2.34. The summed E-state index contributed by atoms with van der Waals surface area (Å²) in [5.41, 5.74) is 5.85. The van der Waals surface area contributed by atoms with Crippen molar-refractivity contribution in [3.8, 4) is 5.75 Å². The van der Waals surface area contributed by atoms with Gasteiger partial charge < -0.3 is 24.8 Å². The molecule has 1 aliphatic rings. The van der Waals surface area contributed by atoms with Crippen LogP contribution >= 0.6 is 12.2 Å². The van der Waals surface area contributed by atoms with Gasteiger partial charge in [0.1, 0.15) is 29.0 Å². The van der Waals surface area contributed by atoms with Gasteiger partial charge >= 0.3 is 6.09 Å². The van der Waals surface area contributed by atoms with Crippen molar-refractivity contribution in [1.82, 2.24) is 4.90 Å². The second-order valence-corrected chi connectivity index (χ2v) is 7.06. The largest absolute Gasteiger partial charge is 0.491 e. The van der Waals surface area contributed by atoms with Gasteiger partial charge in [-0.25, -0.2) is 4.79 Å². The summed E-state index contributed by atoms with van der Waals surface area (Å²) in [7, 11) is 0. The van der Waals surface area contributed by atoms with E-state index in [2.05, 4.69) is 0 Å². The van der Waals surface area contributed by atoms with Gasteiger partial charge in [-0.3, -0.25) is 0 Å². The molecule has 1 fully saturated rings. The summed E-state index contributed by atoms with van der Waals surface area (Å²) in [6, 6.07) is 7.24. The Morgan fingerprint density at radius 1 is 1.38 bits per heavy atom. The van der Waals surface area contributed by atoms with E-state index in [0.717, 1.165) is 5.56 Å². The van der Waals surface area contributed by atoms with E-state index in [4.69, 9.17) is 32.2 Å². The molecule has 0 aliphatic carbocycles. The summed E-state index contributed by atoms with van der Waals surface area (Å²) in [6.07, 6.45) is -0.516. The highest BCUT2D eigenvalue weighted by atomic mass is 32.1. The summed E-state index contributed by atoms with van der Waals surface area (Å²) < 4.78 is 16.8. The molecule has 0 saturated carbocycles. The first kappa shape index (κ1) is 18.5. The molecule has 6 nitrogen and oxygen atoms in total. The van der Waals surface area contributed by atoms with Gasteiger partial charge in [0.05, 0.1) is 13.2 Å². The SMILES string of the molecule is CC(C)(C)OC(=O)N1CCOC(COc2ccc(C(N)=S)cc2)C1. The minimum Gasteiger partial charge on any atom is -0.491 e. The first-order valence-electron chi connectivity index (χ1n) is 7.87. The highest BCUT2D eigenvalue weighted by Gasteiger charge is 2.28. The van der Waals surface area contributed by atoms with Gasteiger partial charge in [0, 0.05) is 12.1 Å². The molecule has 1 aliphatic heterocycles. The van der Waals surface area contributed by atoms with Crippen molar-refractivity contribution in [3.05, 3.63) is 29.8 Å². The molecule has 2 rings (SSSR count). The Kier molecular flexibility index (Phi) is 6.01. The molecule has 0 aromatic heterocycles. The Labute approximate surface area is 147 Å². The molecule has 2 N–H and O–H groups in total. The maximum Gasteiger partial charge on any atom is 0.410 e. The van der Waals surface area contributed by atoms with E-state index in [1.807, 2.05) is 45.0 Å². The Bertz CT molecular complexity index is 583. The Hall–Kier alpha value is -1.86. The maximum absolute atomic E-state index is 12.1. The molecule has 0 bridgehead atoms. The zero-order valence-electron chi connectivity index (χ0n) is 14.3.